The minimum absolute atomic E-state index is 0.00861. The number of ether oxygens (including phenoxy) is 1. The molecule has 6 N–H and O–H groups in total. The number of carboxylic acid groups (broad SMARTS) is 1. The summed E-state index contributed by atoms with van der Waals surface area (Å²) in [7, 11) is 0. The number of halogens is 3. The molecular formula is C31H34F3N7O8. The minimum Gasteiger partial charge on any atom is -0.477 e. The average Bonchev–Trinajstić information content (AvgIpc) is 3.44. The van der Waals surface area contributed by atoms with Gasteiger partial charge in [0, 0.05) is 31.4 Å². The number of carboxylic acids is 1. The highest BCUT2D eigenvalue weighted by atomic mass is 19.1. The summed E-state index contributed by atoms with van der Waals surface area (Å²) < 4.78 is 49.9. The van der Waals surface area contributed by atoms with Crippen molar-refractivity contribution >= 4 is 46.6 Å². The Balaban J connectivity index is 1.51. The number of benzene rings is 1. The van der Waals surface area contributed by atoms with E-state index in [0.29, 0.717) is 6.07 Å². The molecule has 1 aromatic carbocycles. The van der Waals surface area contributed by atoms with Crippen molar-refractivity contribution in [3.8, 4) is 5.69 Å². The van der Waals surface area contributed by atoms with E-state index in [4.69, 9.17) is 10.5 Å². The van der Waals surface area contributed by atoms with Gasteiger partial charge in [0.2, 0.25) is 23.2 Å². The maximum Gasteiger partial charge on any atom is 0.408 e. The molecule has 0 radical (unpaired) electrons. The Kier molecular flexibility index (Phi) is 10.5. The molecule has 15 nitrogen and oxygen atoms in total. The Bertz CT molecular complexity index is 1900. The highest BCUT2D eigenvalue weighted by molar-refractivity contribution is 5.94. The number of carbonyl (C=O) groups is 5. The lowest BCUT2D eigenvalue weighted by Gasteiger charge is -2.24. The first-order valence-electron chi connectivity index (χ1n) is 14.9. The lowest BCUT2D eigenvalue weighted by Crippen LogP contribution is -2.55. The molecule has 262 valence electrons. The molecule has 0 saturated carbocycles. The zero-order valence-electron chi connectivity index (χ0n) is 26.8. The van der Waals surface area contributed by atoms with Crippen LogP contribution in [-0.2, 0) is 19.1 Å². The SMILES string of the molecule is CC(NC(=O)C(CC(N)=O)NC(=O)OC(C)(C)C)C(=O)NC1CCN(c2nc3c(cc2F)c(=O)c(C(=O)O)cn3-c2ccc(F)cc2F)C1. The number of nitrogens with one attached hydrogen (secondary N) is 3. The lowest BCUT2D eigenvalue weighted by atomic mass is 10.1. The third-order valence-corrected chi connectivity index (χ3v) is 7.31. The second-order valence-electron chi connectivity index (χ2n) is 12.3. The zero-order valence-corrected chi connectivity index (χ0v) is 26.8. The van der Waals surface area contributed by atoms with E-state index in [0.717, 1.165) is 29.0 Å². The predicted molar refractivity (Wildman–Crippen MR) is 168 cm³/mol. The van der Waals surface area contributed by atoms with Gasteiger partial charge >= 0.3 is 12.1 Å². The summed E-state index contributed by atoms with van der Waals surface area (Å²) in [5, 5.41) is 16.4. The van der Waals surface area contributed by atoms with E-state index in [1.807, 2.05) is 0 Å². The predicted octanol–water partition coefficient (Wildman–Crippen LogP) is 1.47. The summed E-state index contributed by atoms with van der Waals surface area (Å²) in [5.41, 5.74) is 1.81. The number of hydrogen-bond donors (Lipinski definition) is 5. The number of aromatic carboxylic acids is 1. The van der Waals surface area contributed by atoms with Gasteiger partial charge < -0.3 is 36.4 Å². The topological polar surface area (TPSA) is 215 Å². The standard InChI is InChI=1S/C31H34F3N7O8/c1-14(36-28(45)21(11-23(35)42)38-30(48)49-31(2,3)4)27(44)37-16-7-8-40(12-16)26-20(34)10-17-24(43)18(29(46)47)13-41(25(17)39-26)22-6-5-15(32)9-19(22)33/h5-6,9-10,13-14,16,21H,7-8,11-12H2,1-4H3,(H2,35,42)(H,36,45)(H,37,44)(H,38,48)(H,46,47). The Morgan fingerprint density at radius 3 is 2.39 bits per heavy atom. The molecule has 2 aromatic heterocycles. The Labute approximate surface area is 276 Å². The number of rotatable bonds is 10. The number of fused-ring (bicyclic) bond motifs is 1. The van der Waals surface area contributed by atoms with Crippen LogP contribution in [0.5, 0.6) is 0 Å². The van der Waals surface area contributed by atoms with Crippen LogP contribution in [0.1, 0.15) is 50.9 Å². The van der Waals surface area contributed by atoms with Crippen molar-refractivity contribution in [1.82, 2.24) is 25.5 Å². The molecule has 49 heavy (non-hydrogen) atoms. The molecule has 1 aliphatic rings. The van der Waals surface area contributed by atoms with Crippen LogP contribution in [0, 0.1) is 17.5 Å². The van der Waals surface area contributed by atoms with Crippen LogP contribution in [0.4, 0.5) is 23.8 Å². The van der Waals surface area contributed by atoms with Gasteiger partial charge in [0.05, 0.1) is 17.5 Å². The van der Waals surface area contributed by atoms with Gasteiger partial charge in [-0.3, -0.25) is 23.7 Å². The van der Waals surface area contributed by atoms with Gasteiger partial charge in [-0.15, -0.1) is 0 Å². The summed E-state index contributed by atoms with van der Waals surface area (Å²) in [4.78, 5) is 79.8. The lowest BCUT2D eigenvalue weighted by molar-refractivity contribution is -0.131. The van der Waals surface area contributed by atoms with E-state index >= 15 is 4.39 Å². The molecule has 0 bridgehead atoms. The van der Waals surface area contributed by atoms with Gasteiger partial charge in [0.25, 0.3) is 0 Å². The Morgan fingerprint density at radius 2 is 1.78 bits per heavy atom. The molecule has 3 aromatic rings. The maximum absolute atomic E-state index is 15.4. The third-order valence-electron chi connectivity index (χ3n) is 7.31. The fourth-order valence-electron chi connectivity index (χ4n) is 5.09. The van der Waals surface area contributed by atoms with Crippen LogP contribution in [0.25, 0.3) is 16.7 Å². The first-order valence-corrected chi connectivity index (χ1v) is 14.9. The van der Waals surface area contributed by atoms with Gasteiger partial charge in [-0.1, -0.05) is 0 Å². The average molecular weight is 690 g/mol. The van der Waals surface area contributed by atoms with Gasteiger partial charge in [-0.25, -0.2) is 27.7 Å². The first-order chi connectivity index (χ1) is 22.8. The highest BCUT2D eigenvalue weighted by Gasteiger charge is 2.32. The second kappa shape index (κ2) is 14.2. The quantitative estimate of drug-likeness (QED) is 0.207. The molecule has 1 saturated heterocycles. The first kappa shape index (κ1) is 36.2. The summed E-state index contributed by atoms with van der Waals surface area (Å²) in [6, 6.07) is 0.0836. The fourth-order valence-corrected chi connectivity index (χ4v) is 5.09. The number of nitrogens with zero attached hydrogens (tertiary/aromatic N) is 3. The fraction of sp³-hybridized carbons (Fsp3) is 0.387. The van der Waals surface area contributed by atoms with Gasteiger partial charge in [0.15, 0.2) is 17.3 Å². The van der Waals surface area contributed by atoms with Crippen molar-refractivity contribution in [3.63, 3.8) is 0 Å². The second-order valence-corrected chi connectivity index (χ2v) is 12.3. The summed E-state index contributed by atoms with van der Waals surface area (Å²) in [6.45, 7) is 6.32. The van der Waals surface area contributed by atoms with E-state index in [1.165, 1.54) is 11.8 Å². The van der Waals surface area contributed by atoms with Crippen LogP contribution in [-0.4, -0.2) is 81.3 Å². The minimum atomic E-state index is -1.65. The zero-order chi connectivity index (χ0) is 36.4. The molecule has 1 fully saturated rings. The largest absolute Gasteiger partial charge is 0.477 e. The maximum atomic E-state index is 15.4. The molecule has 3 unspecified atom stereocenters. The molecular weight excluding hydrogens is 655 g/mol. The van der Waals surface area contributed by atoms with Crippen LogP contribution in [0.15, 0.2) is 35.3 Å². The summed E-state index contributed by atoms with van der Waals surface area (Å²) in [5.74, 6) is -7.36. The van der Waals surface area contributed by atoms with Crippen molar-refractivity contribution in [2.45, 2.75) is 64.3 Å². The molecule has 0 aliphatic carbocycles. The molecule has 3 heterocycles. The van der Waals surface area contributed by atoms with E-state index in [9.17, 15) is 42.7 Å². The number of alkyl carbamates (subject to hydrolysis) is 1. The molecule has 4 amide bonds. The monoisotopic (exact) mass is 689 g/mol. The Morgan fingerprint density at radius 1 is 1.08 bits per heavy atom. The smallest absolute Gasteiger partial charge is 0.408 e. The van der Waals surface area contributed by atoms with Gasteiger partial charge in [-0.05, 0) is 52.3 Å². The van der Waals surface area contributed by atoms with Crippen LogP contribution in [0.2, 0.25) is 0 Å². The van der Waals surface area contributed by atoms with Crippen LogP contribution < -0.4 is 32.0 Å². The van der Waals surface area contributed by atoms with Gasteiger partial charge in [0.1, 0.15) is 34.9 Å². The number of aromatic nitrogens is 2. The van der Waals surface area contributed by atoms with Crippen molar-refractivity contribution in [2.75, 3.05) is 18.0 Å². The van der Waals surface area contributed by atoms with Gasteiger partial charge in [-0.2, -0.15) is 0 Å². The van der Waals surface area contributed by atoms with Crippen molar-refractivity contribution < 1.29 is 47.0 Å². The summed E-state index contributed by atoms with van der Waals surface area (Å²) in [6.07, 6.45) is -0.445. The van der Waals surface area contributed by atoms with Crippen molar-refractivity contribution in [1.29, 1.82) is 0 Å². The molecule has 18 heteroatoms. The normalized spacial score (nSPS) is 15.7. The number of anilines is 1. The summed E-state index contributed by atoms with van der Waals surface area (Å²) >= 11 is 0. The molecule has 4 rings (SSSR count). The molecule has 1 aliphatic heterocycles. The van der Waals surface area contributed by atoms with Crippen molar-refractivity contribution in [3.05, 3.63) is 63.7 Å². The van der Waals surface area contributed by atoms with E-state index in [1.54, 1.807) is 20.8 Å². The number of primary amides is 1. The number of hydrogen-bond acceptors (Lipinski definition) is 9. The number of carbonyl (C=O) groups excluding carboxylic acids is 4. The third kappa shape index (κ3) is 8.62. The number of amides is 4. The van der Waals surface area contributed by atoms with Crippen LogP contribution >= 0.6 is 0 Å². The molecule has 3 atom stereocenters. The van der Waals surface area contributed by atoms with E-state index in [-0.39, 0.29) is 36.7 Å². The van der Waals surface area contributed by atoms with E-state index < -0.39 is 93.8 Å². The molecule has 0 spiro atoms. The van der Waals surface area contributed by atoms with Crippen molar-refractivity contribution in [2.24, 2.45) is 5.73 Å². The van der Waals surface area contributed by atoms with E-state index in [2.05, 4.69) is 20.9 Å². The number of pyridine rings is 2. The number of nitrogens with two attached hydrogens (primary N) is 1. The highest BCUT2D eigenvalue weighted by Crippen LogP contribution is 2.27. The Hall–Kier alpha value is -5.68. The van der Waals surface area contributed by atoms with Crippen LogP contribution in [0.3, 0.4) is 0 Å².